The zero-order valence-corrected chi connectivity index (χ0v) is 13.0. The highest BCUT2D eigenvalue weighted by molar-refractivity contribution is 6.12. The molecule has 0 fully saturated rings. The summed E-state index contributed by atoms with van der Waals surface area (Å²) >= 11 is 0. The summed E-state index contributed by atoms with van der Waals surface area (Å²) in [6.45, 7) is 0. The molecule has 0 aliphatic carbocycles. The van der Waals surface area contributed by atoms with Crippen molar-refractivity contribution in [3.8, 4) is 17.2 Å². The number of fused-ring (bicyclic) bond motifs is 3. The Balaban J connectivity index is 2.42. The first-order valence-corrected chi connectivity index (χ1v) is 6.99. The van der Waals surface area contributed by atoms with Crippen LogP contribution in [0.2, 0.25) is 0 Å². The summed E-state index contributed by atoms with van der Waals surface area (Å²) in [7, 11) is 4.71. The van der Waals surface area contributed by atoms with Gasteiger partial charge in [-0.2, -0.15) is 0 Å². The van der Waals surface area contributed by atoms with Crippen LogP contribution in [0.15, 0.2) is 36.4 Å². The summed E-state index contributed by atoms with van der Waals surface area (Å²) in [5.41, 5.74) is 0.254. The van der Waals surface area contributed by atoms with E-state index in [1.807, 2.05) is 18.2 Å². The minimum absolute atomic E-state index is 0.254. The first-order chi connectivity index (χ1) is 11.1. The summed E-state index contributed by atoms with van der Waals surface area (Å²) in [4.78, 5) is 11.1. The van der Waals surface area contributed by atoms with E-state index >= 15 is 0 Å². The second-order valence-corrected chi connectivity index (χ2v) is 5.05. The number of benzene rings is 3. The van der Waals surface area contributed by atoms with Crippen molar-refractivity contribution in [2.24, 2.45) is 0 Å². The zero-order valence-electron chi connectivity index (χ0n) is 13.0. The third-order valence-corrected chi connectivity index (χ3v) is 3.89. The van der Waals surface area contributed by atoms with Crippen molar-refractivity contribution < 1.29 is 24.1 Å². The van der Waals surface area contributed by atoms with Gasteiger partial charge in [0.05, 0.1) is 26.9 Å². The van der Waals surface area contributed by atoms with Crippen LogP contribution >= 0.6 is 0 Å². The lowest BCUT2D eigenvalue weighted by atomic mass is 9.99. The number of methoxy groups -OCH3 is 3. The fraction of sp³-hybridized carbons (Fsp3) is 0.167. The van der Waals surface area contributed by atoms with Crippen molar-refractivity contribution in [3.63, 3.8) is 0 Å². The van der Waals surface area contributed by atoms with E-state index in [0.29, 0.717) is 17.2 Å². The zero-order chi connectivity index (χ0) is 16.6. The highest BCUT2D eigenvalue weighted by Gasteiger charge is 2.17. The van der Waals surface area contributed by atoms with Crippen LogP contribution in [-0.2, 0) is 0 Å². The van der Waals surface area contributed by atoms with Gasteiger partial charge in [-0.1, -0.05) is 12.1 Å². The smallest absolute Gasteiger partial charge is 0.335 e. The molecule has 5 heteroatoms. The highest BCUT2D eigenvalue weighted by atomic mass is 16.5. The molecule has 0 atom stereocenters. The van der Waals surface area contributed by atoms with Crippen LogP contribution in [0.4, 0.5) is 0 Å². The van der Waals surface area contributed by atoms with Gasteiger partial charge in [0.1, 0.15) is 0 Å². The number of hydrogen-bond acceptors (Lipinski definition) is 4. The van der Waals surface area contributed by atoms with E-state index in [-0.39, 0.29) is 5.56 Å². The lowest BCUT2D eigenvalue weighted by Crippen LogP contribution is -1.97. The second-order valence-electron chi connectivity index (χ2n) is 5.05. The minimum atomic E-state index is -0.947. The number of ether oxygens (including phenoxy) is 3. The molecule has 23 heavy (non-hydrogen) atoms. The molecule has 0 saturated carbocycles. The Kier molecular flexibility index (Phi) is 3.70. The van der Waals surface area contributed by atoms with E-state index in [1.54, 1.807) is 39.5 Å². The Morgan fingerprint density at radius 2 is 1.52 bits per heavy atom. The normalized spacial score (nSPS) is 10.7. The fourth-order valence-corrected chi connectivity index (χ4v) is 2.82. The van der Waals surface area contributed by atoms with Gasteiger partial charge in [0.2, 0.25) is 5.75 Å². The van der Waals surface area contributed by atoms with Crippen molar-refractivity contribution in [1.82, 2.24) is 0 Å². The van der Waals surface area contributed by atoms with Crippen LogP contribution in [0, 0.1) is 0 Å². The van der Waals surface area contributed by atoms with Crippen molar-refractivity contribution >= 4 is 27.5 Å². The number of carbonyl (C=O) groups is 1. The van der Waals surface area contributed by atoms with Crippen LogP contribution in [0.5, 0.6) is 17.2 Å². The van der Waals surface area contributed by atoms with Gasteiger partial charge in [0, 0.05) is 5.39 Å². The maximum absolute atomic E-state index is 11.1. The maximum atomic E-state index is 11.1. The Bertz CT molecular complexity index is 914. The van der Waals surface area contributed by atoms with E-state index in [4.69, 9.17) is 19.3 Å². The van der Waals surface area contributed by atoms with Crippen LogP contribution in [-0.4, -0.2) is 32.4 Å². The summed E-state index contributed by atoms with van der Waals surface area (Å²) in [5.74, 6) is 0.735. The molecular formula is C18H16O5. The average molecular weight is 312 g/mol. The van der Waals surface area contributed by atoms with Gasteiger partial charge in [-0.15, -0.1) is 0 Å². The topological polar surface area (TPSA) is 65.0 Å². The molecule has 0 spiro atoms. The number of rotatable bonds is 4. The van der Waals surface area contributed by atoms with Crippen molar-refractivity contribution in [2.75, 3.05) is 21.3 Å². The standard InChI is InChI=1S/C18H16O5/c1-21-15-9-14-12-6-5-11(18(19)20)8-10(12)4-7-13(14)16(22-2)17(15)23-3/h4-9H,1-3H3,(H,19,20). The highest BCUT2D eigenvalue weighted by Crippen LogP contribution is 2.45. The third-order valence-electron chi connectivity index (χ3n) is 3.89. The molecule has 0 unspecified atom stereocenters. The van der Waals surface area contributed by atoms with Crippen LogP contribution in [0.25, 0.3) is 21.5 Å². The van der Waals surface area contributed by atoms with Crippen LogP contribution in [0.1, 0.15) is 10.4 Å². The molecular weight excluding hydrogens is 296 g/mol. The van der Waals surface area contributed by atoms with Crippen LogP contribution in [0.3, 0.4) is 0 Å². The number of carboxylic acids is 1. The molecule has 3 aromatic carbocycles. The largest absolute Gasteiger partial charge is 0.493 e. The molecule has 3 aromatic rings. The Hall–Kier alpha value is -2.95. The van der Waals surface area contributed by atoms with Gasteiger partial charge >= 0.3 is 5.97 Å². The van der Waals surface area contributed by atoms with Crippen molar-refractivity contribution in [3.05, 3.63) is 42.0 Å². The lowest BCUT2D eigenvalue weighted by molar-refractivity contribution is 0.0697. The predicted octanol–water partition coefficient (Wildman–Crippen LogP) is 3.72. The molecule has 118 valence electrons. The number of hydrogen-bond donors (Lipinski definition) is 1. The molecule has 1 N–H and O–H groups in total. The molecule has 3 rings (SSSR count). The third kappa shape index (κ3) is 2.30. The molecule has 0 aromatic heterocycles. The maximum Gasteiger partial charge on any atom is 0.335 e. The number of aromatic carboxylic acids is 1. The first kappa shape index (κ1) is 15.0. The lowest BCUT2D eigenvalue weighted by Gasteiger charge is -2.16. The second kappa shape index (κ2) is 5.68. The van der Waals surface area contributed by atoms with Gasteiger partial charge in [-0.25, -0.2) is 4.79 Å². The summed E-state index contributed by atoms with van der Waals surface area (Å²) in [5, 5.41) is 12.7. The molecule has 0 radical (unpaired) electrons. The van der Waals surface area contributed by atoms with E-state index < -0.39 is 5.97 Å². The Morgan fingerprint density at radius 1 is 0.826 bits per heavy atom. The van der Waals surface area contributed by atoms with Gasteiger partial charge < -0.3 is 19.3 Å². The van der Waals surface area contributed by atoms with Gasteiger partial charge in [-0.05, 0) is 40.4 Å². The number of carboxylic acid groups (broad SMARTS) is 1. The molecule has 5 nitrogen and oxygen atoms in total. The van der Waals surface area contributed by atoms with Crippen molar-refractivity contribution in [1.29, 1.82) is 0 Å². The van der Waals surface area contributed by atoms with E-state index in [1.165, 1.54) is 0 Å². The first-order valence-electron chi connectivity index (χ1n) is 6.99. The molecule has 0 amide bonds. The van der Waals surface area contributed by atoms with Gasteiger partial charge in [-0.3, -0.25) is 0 Å². The SMILES string of the molecule is COc1cc2c(ccc3cc(C(=O)O)ccc32)c(OC)c1OC. The quantitative estimate of drug-likeness (QED) is 0.744. The molecule has 0 heterocycles. The van der Waals surface area contributed by atoms with E-state index in [0.717, 1.165) is 21.5 Å². The molecule has 0 saturated heterocycles. The molecule has 0 aliphatic heterocycles. The molecule has 0 bridgehead atoms. The average Bonchev–Trinajstić information content (AvgIpc) is 2.58. The van der Waals surface area contributed by atoms with Gasteiger partial charge in [0.25, 0.3) is 0 Å². The Morgan fingerprint density at radius 3 is 2.13 bits per heavy atom. The fourth-order valence-electron chi connectivity index (χ4n) is 2.82. The van der Waals surface area contributed by atoms with Crippen molar-refractivity contribution in [2.45, 2.75) is 0 Å². The summed E-state index contributed by atoms with van der Waals surface area (Å²) in [6, 6.07) is 10.7. The summed E-state index contributed by atoms with van der Waals surface area (Å²) < 4.78 is 16.3. The van der Waals surface area contributed by atoms with Crippen LogP contribution < -0.4 is 14.2 Å². The minimum Gasteiger partial charge on any atom is -0.493 e. The summed E-state index contributed by atoms with van der Waals surface area (Å²) in [6.07, 6.45) is 0. The van der Waals surface area contributed by atoms with Gasteiger partial charge in [0.15, 0.2) is 11.5 Å². The van der Waals surface area contributed by atoms with E-state index in [9.17, 15) is 4.79 Å². The van der Waals surface area contributed by atoms with E-state index in [2.05, 4.69) is 0 Å². The molecule has 0 aliphatic rings. The Labute approximate surface area is 133 Å². The monoisotopic (exact) mass is 312 g/mol. The predicted molar refractivity (Wildman–Crippen MR) is 88.1 cm³/mol.